The Morgan fingerprint density at radius 2 is 1.90 bits per heavy atom. The van der Waals surface area contributed by atoms with E-state index in [1.807, 2.05) is 25.1 Å². The van der Waals surface area contributed by atoms with Gasteiger partial charge >= 0.3 is 5.97 Å². The molecule has 5 nitrogen and oxygen atoms in total. The van der Waals surface area contributed by atoms with Crippen LogP contribution < -0.4 is 10.6 Å². The molecule has 0 atom stereocenters. The molecule has 1 rings (SSSR count). The summed E-state index contributed by atoms with van der Waals surface area (Å²) in [7, 11) is 3.77. The van der Waals surface area contributed by atoms with Crippen molar-refractivity contribution in [2.75, 3.05) is 51.0 Å². The second kappa shape index (κ2) is 7.75. The Morgan fingerprint density at radius 3 is 2.45 bits per heavy atom. The molecule has 0 saturated heterocycles. The molecular weight excluding hydrogens is 254 g/mol. The number of rotatable bonds is 7. The van der Waals surface area contributed by atoms with E-state index < -0.39 is 0 Å². The maximum atomic E-state index is 12.2. The fraction of sp³-hybridized carbons (Fsp3) is 0.533. The zero-order valence-corrected chi connectivity index (χ0v) is 12.8. The molecule has 0 spiro atoms. The van der Waals surface area contributed by atoms with Gasteiger partial charge in [0, 0.05) is 26.3 Å². The number of likely N-dealkylation sites (N-methyl/N-ethyl adjacent to an activating group) is 1. The van der Waals surface area contributed by atoms with Crippen LogP contribution in [0.3, 0.4) is 0 Å². The van der Waals surface area contributed by atoms with Crippen molar-refractivity contribution in [3.8, 4) is 0 Å². The molecular formula is C15H25N3O2. The first-order valence-corrected chi connectivity index (χ1v) is 6.95. The predicted octanol–water partition coefficient (Wildman–Crippen LogP) is 1.83. The number of benzene rings is 1. The monoisotopic (exact) mass is 279 g/mol. The Morgan fingerprint density at radius 1 is 1.25 bits per heavy atom. The molecule has 0 bridgehead atoms. The summed E-state index contributed by atoms with van der Waals surface area (Å²) >= 11 is 0. The predicted molar refractivity (Wildman–Crippen MR) is 83.3 cm³/mol. The smallest absolute Gasteiger partial charge is 0.340 e. The maximum absolute atomic E-state index is 12.2. The third kappa shape index (κ3) is 4.42. The van der Waals surface area contributed by atoms with Crippen LogP contribution in [-0.4, -0.2) is 51.2 Å². The molecule has 5 heteroatoms. The molecule has 0 aliphatic rings. The normalized spacial score (nSPS) is 10.7. The zero-order chi connectivity index (χ0) is 15.1. The van der Waals surface area contributed by atoms with Crippen LogP contribution in [0.15, 0.2) is 18.2 Å². The van der Waals surface area contributed by atoms with Crippen molar-refractivity contribution in [2.45, 2.75) is 13.8 Å². The van der Waals surface area contributed by atoms with E-state index in [1.165, 1.54) is 0 Å². The summed E-state index contributed by atoms with van der Waals surface area (Å²) in [6, 6.07) is 5.27. The number of anilines is 2. The van der Waals surface area contributed by atoms with E-state index in [1.54, 1.807) is 12.1 Å². The van der Waals surface area contributed by atoms with Gasteiger partial charge in [0.2, 0.25) is 0 Å². The van der Waals surface area contributed by atoms with E-state index in [0.717, 1.165) is 25.3 Å². The third-order valence-electron chi connectivity index (χ3n) is 3.26. The summed E-state index contributed by atoms with van der Waals surface area (Å²) < 4.78 is 5.35. The largest absolute Gasteiger partial charge is 0.461 e. The molecule has 2 N–H and O–H groups in total. The van der Waals surface area contributed by atoms with Gasteiger partial charge in [-0.15, -0.1) is 0 Å². The molecule has 0 aliphatic carbocycles. The first kappa shape index (κ1) is 16.3. The minimum absolute atomic E-state index is 0.326. The van der Waals surface area contributed by atoms with Crippen LogP contribution in [0.5, 0.6) is 0 Å². The highest BCUT2D eigenvalue weighted by molar-refractivity contribution is 5.96. The van der Waals surface area contributed by atoms with Crippen LogP contribution in [0.25, 0.3) is 0 Å². The van der Waals surface area contributed by atoms with Crippen molar-refractivity contribution >= 4 is 17.3 Å². The molecule has 0 radical (unpaired) electrons. The highest BCUT2D eigenvalue weighted by atomic mass is 16.5. The number of carbonyl (C=O) groups excluding carboxylic acids is 1. The minimum atomic E-state index is -0.326. The van der Waals surface area contributed by atoms with Gasteiger partial charge in [0.15, 0.2) is 0 Å². The van der Waals surface area contributed by atoms with Crippen LogP contribution >= 0.6 is 0 Å². The fourth-order valence-electron chi connectivity index (χ4n) is 1.99. The average molecular weight is 279 g/mol. The van der Waals surface area contributed by atoms with Gasteiger partial charge in [-0.25, -0.2) is 4.79 Å². The zero-order valence-electron chi connectivity index (χ0n) is 12.8. The van der Waals surface area contributed by atoms with Gasteiger partial charge in [0.25, 0.3) is 0 Å². The topological polar surface area (TPSA) is 58.8 Å². The highest BCUT2D eigenvalue weighted by Gasteiger charge is 2.15. The van der Waals surface area contributed by atoms with Gasteiger partial charge in [0.05, 0.1) is 11.3 Å². The van der Waals surface area contributed by atoms with Gasteiger partial charge in [-0.05, 0) is 31.3 Å². The Labute approximate surface area is 121 Å². The van der Waals surface area contributed by atoms with E-state index in [-0.39, 0.29) is 5.97 Å². The van der Waals surface area contributed by atoms with Crippen LogP contribution in [0.4, 0.5) is 11.4 Å². The Kier molecular flexibility index (Phi) is 6.31. The first-order chi connectivity index (χ1) is 9.49. The molecule has 0 amide bonds. The van der Waals surface area contributed by atoms with Crippen LogP contribution in [0.2, 0.25) is 0 Å². The summed E-state index contributed by atoms with van der Waals surface area (Å²) in [5, 5.41) is 0. The molecule has 0 heterocycles. The van der Waals surface area contributed by atoms with E-state index in [9.17, 15) is 4.79 Å². The molecule has 1 aromatic rings. The average Bonchev–Trinajstić information content (AvgIpc) is 2.43. The first-order valence-electron chi connectivity index (χ1n) is 6.95. The molecule has 112 valence electrons. The van der Waals surface area contributed by atoms with Crippen LogP contribution in [0, 0.1) is 0 Å². The number of esters is 1. The van der Waals surface area contributed by atoms with Crippen molar-refractivity contribution in [3.63, 3.8) is 0 Å². The summed E-state index contributed by atoms with van der Waals surface area (Å²) in [4.78, 5) is 16.2. The second-order valence-corrected chi connectivity index (χ2v) is 4.83. The van der Waals surface area contributed by atoms with Crippen molar-refractivity contribution in [2.24, 2.45) is 0 Å². The highest BCUT2D eigenvalue weighted by Crippen LogP contribution is 2.22. The Bertz CT molecular complexity index is 443. The lowest BCUT2D eigenvalue weighted by atomic mass is 10.1. The number of nitrogens with zero attached hydrogens (tertiary/aromatic N) is 2. The Balaban J connectivity index is 2.70. The van der Waals surface area contributed by atoms with Crippen molar-refractivity contribution in [1.82, 2.24) is 4.90 Å². The van der Waals surface area contributed by atoms with Gasteiger partial charge < -0.3 is 20.3 Å². The maximum Gasteiger partial charge on any atom is 0.340 e. The van der Waals surface area contributed by atoms with E-state index >= 15 is 0 Å². The van der Waals surface area contributed by atoms with Gasteiger partial charge in [-0.1, -0.05) is 13.8 Å². The van der Waals surface area contributed by atoms with Crippen molar-refractivity contribution in [1.29, 1.82) is 0 Å². The van der Waals surface area contributed by atoms with E-state index in [4.69, 9.17) is 10.5 Å². The molecule has 0 saturated carbocycles. The summed E-state index contributed by atoms with van der Waals surface area (Å²) in [5.74, 6) is -0.326. The van der Waals surface area contributed by atoms with E-state index in [0.29, 0.717) is 17.9 Å². The number of nitrogens with two attached hydrogens (primary N) is 1. The quantitative estimate of drug-likeness (QED) is 0.609. The summed E-state index contributed by atoms with van der Waals surface area (Å²) in [5.41, 5.74) is 7.63. The lowest BCUT2D eigenvalue weighted by Gasteiger charge is -2.19. The van der Waals surface area contributed by atoms with Crippen LogP contribution in [0.1, 0.15) is 24.2 Å². The number of ether oxygens (including phenoxy) is 1. The standard InChI is InChI=1S/C15H25N3O2/c1-5-18(6-2)9-10-20-15(19)13-11-12(16)7-8-14(13)17(3)4/h7-8,11H,5-6,9-10,16H2,1-4H3. The fourth-order valence-corrected chi connectivity index (χ4v) is 1.99. The van der Waals surface area contributed by atoms with Crippen LogP contribution in [-0.2, 0) is 4.74 Å². The number of carbonyl (C=O) groups is 1. The molecule has 20 heavy (non-hydrogen) atoms. The van der Waals surface area contributed by atoms with Gasteiger partial charge in [-0.2, -0.15) is 0 Å². The lowest BCUT2D eigenvalue weighted by Crippen LogP contribution is -2.28. The molecule has 0 aliphatic heterocycles. The summed E-state index contributed by atoms with van der Waals surface area (Å²) in [6.07, 6.45) is 0. The number of hydrogen-bond donors (Lipinski definition) is 1. The number of nitrogen functional groups attached to an aromatic ring is 1. The molecule has 0 fully saturated rings. The Hall–Kier alpha value is -1.75. The second-order valence-electron chi connectivity index (χ2n) is 4.83. The van der Waals surface area contributed by atoms with Gasteiger partial charge in [0.1, 0.15) is 6.61 Å². The van der Waals surface area contributed by atoms with E-state index in [2.05, 4.69) is 18.7 Å². The lowest BCUT2D eigenvalue weighted by molar-refractivity contribution is 0.0467. The summed E-state index contributed by atoms with van der Waals surface area (Å²) in [6.45, 7) is 7.23. The van der Waals surface area contributed by atoms with Crippen molar-refractivity contribution < 1.29 is 9.53 Å². The minimum Gasteiger partial charge on any atom is -0.461 e. The molecule has 1 aromatic carbocycles. The SMILES string of the molecule is CCN(CC)CCOC(=O)c1cc(N)ccc1N(C)C. The molecule has 0 unspecified atom stereocenters. The van der Waals surface area contributed by atoms with Gasteiger partial charge in [-0.3, -0.25) is 0 Å². The third-order valence-corrected chi connectivity index (χ3v) is 3.26. The number of hydrogen-bond acceptors (Lipinski definition) is 5. The molecule has 0 aromatic heterocycles. The van der Waals surface area contributed by atoms with Crippen molar-refractivity contribution in [3.05, 3.63) is 23.8 Å².